The van der Waals surface area contributed by atoms with Gasteiger partial charge in [-0.15, -0.1) is 6.42 Å². The van der Waals surface area contributed by atoms with E-state index in [0.29, 0.717) is 5.76 Å². The molecular weight excluding hydrogens is 152 g/mol. The zero-order chi connectivity index (χ0) is 7.56. The molecule has 0 aliphatic heterocycles. The molecule has 1 atom stereocenters. The average molecular weight is 157 g/mol. The van der Waals surface area contributed by atoms with E-state index in [0.717, 1.165) is 0 Å². The molecule has 3 heteroatoms. The van der Waals surface area contributed by atoms with Gasteiger partial charge in [0.25, 0.3) is 0 Å². The van der Waals surface area contributed by atoms with Crippen molar-refractivity contribution in [3.63, 3.8) is 0 Å². The van der Waals surface area contributed by atoms with Gasteiger partial charge in [0.1, 0.15) is 5.76 Å². The van der Waals surface area contributed by atoms with Crippen molar-refractivity contribution in [2.24, 2.45) is 0 Å². The Morgan fingerprint density at radius 1 is 1.70 bits per heavy atom. The number of aliphatic hydroxyl groups is 1. The van der Waals surface area contributed by atoms with Gasteiger partial charge in [0.2, 0.25) is 0 Å². The maximum Gasteiger partial charge on any atom is 0.193 e. The Morgan fingerprint density at radius 3 is 2.80 bits per heavy atom. The van der Waals surface area contributed by atoms with Crippen LogP contribution in [0.2, 0.25) is 5.22 Å². The van der Waals surface area contributed by atoms with Gasteiger partial charge < -0.3 is 9.52 Å². The monoisotopic (exact) mass is 156 g/mol. The molecule has 0 radical (unpaired) electrons. The minimum Gasteiger partial charge on any atom is -0.446 e. The first kappa shape index (κ1) is 7.20. The predicted molar refractivity (Wildman–Crippen MR) is 37.5 cm³/mol. The molecule has 1 unspecified atom stereocenters. The Bertz CT molecular complexity index is 259. The Hall–Kier alpha value is -0.910. The van der Waals surface area contributed by atoms with Gasteiger partial charge in [-0.25, -0.2) is 0 Å². The molecule has 0 aromatic carbocycles. The quantitative estimate of drug-likeness (QED) is 0.627. The largest absolute Gasteiger partial charge is 0.446 e. The predicted octanol–water partition coefficient (Wildman–Crippen LogP) is 1.60. The zero-order valence-corrected chi connectivity index (χ0v) is 5.80. The van der Waals surface area contributed by atoms with Crippen LogP contribution in [-0.2, 0) is 0 Å². The Balaban J connectivity index is 2.87. The molecule has 0 aliphatic rings. The molecule has 1 rings (SSSR count). The lowest BCUT2D eigenvalue weighted by molar-refractivity contribution is 0.206. The third-order valence-corrected chi connectivity index (χ3v) is 1.22. The third-order valence-electron chi connectivity index (χ3n) is 1.02. The Kier molecular flexibility index (Phi) is 2.00. The van der Waals surface area contributed by atoms with Gasteiger partial charge in [-0.2, -0.15) is 0 Å². The fourth-order valence-corrected chi connectivity index (χ4v) is 0.709. The van der Waals surface area contributed by atoms with Crippen LogP contribution in [0.4, 0.5) is 0 Å². The lowest BCUT2D eigenvalue weighted by atomic mass is 10.3. The summed E-state index contributed by atoms with van der Waals surface area (Å²) < 4.78 is 4.81. The normalized spacial score (nSPS) is 12.5. The summed E-state index contributed by atoms with van der Waals surface area (Å²) >= 11 is 5.42. The molecule has 0 saturated heterocycles. The molecule has 1 aromatic rings. The van der Waals surface area contributed by atoms with E-state index in [2.05, 4.69) is 5.92 Å². The molecule has 1 N–H and O–H groups in total. The maximum atomic E-state index is 8.95. The molecule has 10 heavy (non-hydrogen) atoms. The standard InChI is InChI=1S/C7H5ClO2/c1-2-5(9)6-3-4-7(8)10-6/h1,3-5,9H. The average Bonchev–Trinajstić information content (AvgIpc) is 2.34. The van der Waals surface area contributed by atoms with Crippen LogP contribution in [0.3, 0.4) is 0 Å². The first-order chi connectivity index (χ1) is 4.74. The highest BCUT2D eigenvalue weighted by molar-refractivity contribution is 6.28. The van der Waals surface area contributed by atoms with E-state index < -0.39 is 6.10 Å². The van der Waals surface area contributed by atoms with Crippen molar-refractivity contribution >= 4 is 11.6 Å². The van der Waals surface area contributed by atoms with Crippen molar-refractivity contribution in [1.82, 2.24) is 0 Å². The van der Waals surface area contributed by atoms with Gasteiger partial charge in [0.05, 0.1) is 0 Å². The van der Waals surface area contributed by atoms with Crippen LogP contribution in [0.1, 0.15) is 11.9 Å². The summed E-state index contributed by atoms with van der Waals surface area (Å²) in [6.07, 6.45) is 3.92. The summed E-state index contributed by atoms with van der Waals surface area (Å²) in [4.78, 5) is 0. The van der Waals surface area contributed by atoms with Gasteiger partial charge in [0, 0.05) is 0 Å². The van der Waals surface area contributed by atoms with E-state index in [-0.39, 0.29) is 5.22 Å². The number of halogens is 1. The van der Waals surface area contributed by atoms with Crippen LogP contribution in [-0.4, -0.2) is 5.11 Å². The highest BCUT2D eigenvalue weighted by atomic mass is 35.5. The lowest BCUT2D eigenvalue weighted by Crippen LogP contribution is -1.88. The summed E-state index contributed by atoms with van der Waals surface area (Å²) in [7, 11) is 0. The SMILES string of the molecule is C#CC(O)c1ccc(Cl)o1. The van der Waals surface area contributed by atoms with Crippen molar-refractivity contribution < 1.29 is 9.52 Å². The van der Waals surface area contributed by atoms with Crippen molar-refractivity contribution in [3.8, 4) is 12.3 Å². The fourth-order valence-electron chi connectivity index (χ4n) is 0.557. The fraction of sp³-hybridized carbons (Fsp3) is 0.143. The third kappa shape index (κ3) is 1.32. The Morgan fingerprint density at radius 2 is 2.40 bits per heavy atom. The van der Waals surface area contributed by atoms with Crippen LogP contribution in [0, 0.1) is 12.3 Å². The first-order valence-corrected chi connectivity index (χ1v) is 3.01. The van der Waals surface area contributed by atoms with E-state index in [1.165, 1.54) is 12.1 Å². The van der Waals surface area contributed by atoms with E-state index in [9.17, 15) is 0 Å². The highest BCUT2D eigenvalue weighted by Gasteiger charge is 2.06. The van der Waals surface area contributed by atoms with Crippen LogP contribution in [0.25, 0.3) is 0 Å². The molecule has 52 valence electrons. The minimum absolute atomic E-state index is 0.226. The molecule has 2 nitrogen and oxygen atoms in total. The van der Waals surface area contributed by atoms with E-state index >= 15 is 0 Å². The van der Waals surface area contributed by atoms with Gasteiger partial charge in [-0.05, 0) is 23.7 Å². The number of aliphatic hydroxyl groups excluding tert-OH is 1. The molecule has 0 amide bonds. The number of rotatable bonds is 1. The summed E-state index contributed by atoms with van der Waals surface area (Å²) in [6.45, 7) is 0. The van der Waals surface area contributed by atoms with Crippen LogP contribution < -0.4 is 0 Å². The minimum atomic E-state index is -0.993. The molecule has 0 saturated carbocycles. The molecular formula is C7H5ClO2. The van der Waals surface area contributed by atoms with Gasteiger partial charge in [-0.3, -0.25) is 0 Å². The number of hydrogen-bond donors (Lipinski definition) is 1. The second kappa shape index (κ2) is 2.78. The summed E-state index contributed by atoms with van der Waals surface area (Å²) in [5.41, 5.74) is 0. The second-order valence-electron chi connectivity index (χ2n) is 1.71. The number of furan rings is 1. The van der Waals surface area contributed by atoms with Crippen LogP contribution in [0.5, 0.6) is 0 Å². The van der Waals surface area contributed by atoms with Crippen molar-refractivity contribution in [2.75, 3.05) is 0 Å². The summed E-state index contributed by atoms with van der Waals surface area (Å²) in [5.74, 6) is 2.40. The van der Waals surface area contributed by atoms with Gasteiger partial charge in [-0.1, -0.05) is 5.92 Å². The molecule has 0 aliphatic carbocycles. The molecule has 0 spiro atoms. The van der Waals surface area contributed by atoms with Gasteiger partial charge in [0.15, 0.2) is 11.3 Å². The van der Waals surface area contributed by atoms with E-state index in [1.54, 1.807) is 0 Å². The van der Waals surface area contributed by atoms with Gasteiger partial charge >= 0.3 is 0 Å². The highest BCUT2D eigenvalue weighted by Crippen LogP contribution is 2.18. The van der Waals surface area contributed by atoms with E-state index in [1.807, 2.05) is 0 Å². The first-order valence-electron chi connectivity index (χ1n) is 2.63. The second-order valence-corrected chi connectivity index (χ2v) is 2.08. The van der Waals surface area contributed by atoms with Crippen LogP contribution in [0.15, 0.2) is 16.5 Å². The summed E-state index contributed by atoms with van der Waals surface area (Å²) in [5, 5.41) is 9.18. The zero-order valence-electron chi connectivity index (χ0n) is 5.04. The smallest absolute Gasteiger partial charge is 0.193 e. The molecule has 0 fully saturated rings. The molecule has 1 aromatic heterocycles. The molecule has 0 bridgehead atoms. The van der Waals surface area contributed by atoms with Crippen molar-refractivity contribution in [2.45, 2.75) is 6.10 Å². The van der Waals surface area contributed by atoms with Crippen molar-refractivity contribution in [3.05, 3.63) is 23.1 Å². The lowest BCUT2D eigenvalue weighted by Gasteiger charge is -1.94. The topological polar surface area (TPSA) is 33.4 Å². The maximum absolute atomic E-state index is 8.95. The van der Waals surface area contributed by atoms with Crippen molar-refractivity contribution in [1.29, 1.82) is 0 Å². The Labute approximate surface area is 63.4 Å². The van der Waals surface area contributed by atoms with E-state index in [4.69, 9.17) is 27.5 Å². The van der Waals surface area contributed by atoms with Crippen LogP contribution >= 0.6 is 11.6 Å². The number of terminal acetylenes is 1. The summed E-state index contributed by atoms with van der Waals surface area (Å²) in [6, 6.07) is 3.06. The number of hydrogen-bond acceptors (Lipinski definition) is 2. The molecule has 1 heterocycles.